The fourth-order valence-corrected chi connectivity index (χ4v) is 2.54. The van der Waals surface area contributed by atoms with E-state index in [0.717, 1.165) is 6.42 Å². The minimum absolute atomic E-state index is 0.00609. The normalized spacial score (nSPS) is 25.9. The highest BCUT2D eigenvalue weighted by atomic mass is 16.5. The summed E-state index contributed by atoms with van der Waals surface area (Å²) >= 11 is 0. The molecule has 0 spiro atoms. The summed E-state index contributed by atoms with van der Waals surface area (Å²) in [6.07, 6.45) is 1.58. The number of ether oxygens (including phenoxy) is 2. The van der Waals surface area contributed by atoms with E-state index in [1.165, 1.54) is 4.90 Å². The fourth-order valence-electron chi connectivity index (χ4n) is 2.54. The van der Waals surface area contributed by atoms with Crippen LogP contribution in [0.15, 0.2) is 0 Å². The number of rotatable bonds is 6. The maximum absolute atomic E-state index is 12.0. The lowest BCUT2D eigenvalue weighted by Crippen LogP contribution is -2.53. The number of carbonyl (C=O) groups excluding carboxylic acids is 3. The number of hydrogen-bond acceptors (Lipinski definition) is 5. The van der Waals surface area contributed by atoms with Crippen molar-refractivity contribution in [2.24, 2.45) is 5.73 Å². The molecule has 2 heterocycles. The fraction of sp³-hybridized carbons (Fsp3) is 0.769. The average Bonchev–Trinajstić information content (AvgIpc) is 2.83. The van der Waals surface area contributed by atoms with Crippen LogP contribution in [0.3, 0.4) is 0 Å². The van der Waals surface area contributed by atoms with Crippen molar-refractivity contribution in [3.8, 4) is 0 Å². The number of amides is 3. The smallest absolute Gasteiger partial charge is 0.243 e. The van der Waals surface area contributed by atoms with Gasteiger partial charge in [-0.2, -0.15) is 0 Å². The van der Waals surface area contributed by atoms with Gasteiger partial charge < -0.3 is 25.4 Å². The van der Waals surface area contributed by atoms with Crippen LogP contribution in [-0.2, 0) is 23.9 Å². The second kappa shape index (κ2) is 7.37. The topological polar surface area (TPSA) is 111 Å². The number of nitrogens with zero attached hydrogens (tertiary/aromatic N) is 1. The second-order valence-electron chi connectivity index (χ2n) is 5.27. The van der Waals surface area contributed by atoms with Gasteiger partial charge in [-0.05, 0) is 12.8 Å². The molecule has 2 aliphatic heterocycles. The highest BCUT2D eigenvalue weighted by Crippen LogP contribution is 2.13. The number of nitrogens with one attached hydrogen (secondary N) is 1. The van der Waals surface area contributed by atoms with E-state index >= 15 is 0 Å². The Bertz CT molecular complexity index is 415. The highest BCUT2D eigenvalue weighted by molar-refractivity contribution is 5.86. The number of nitrogens with two attached hydrogens (primary N) is 1. The van der Waals surface area contributed by atoms with Crippen LogP contribution in [0.5, 0.6) is 0 Å². The predicted molar refractivity (Wildman–Crippen MR) is 72.1 cm³/mol. The zero-order valence-electron chi connectivity index (χ0n) is 11.9. The molecule has 118 valence electrons. The minimum atomic E-state index is -0.547. The van der Waals surface area contributed by atoms with Crippen LogP contribution < -0.4 is 11.1 Å². The Kier molecular flexibility index (Phi) is 5.51. The first-order chi connectivity index (χ1) is 10.1. The monoisotopic (exact) mass is 299 g/mol. The number of primary amides is 1. The molecular weight excluding hydrogens is 278 g/mol. The van der Waals surface area contributed by atoms with Gasteiger partial charge in [0, 0.05) is 19.6 Å². The Morgan fingerprint density at radius 3 is 2.95 bits per heavy atom. The van der Waals surface area contributed by atoms with Crippen LogP contribution in [0.2, 0.25) is 0 Å². The third-order valence-corrected chi connectivity index (χ3v) is 3.58. The van der Waals surface area contributed by atoms with Gasteiger partial charge in [-0.25, -0.2) is 0 Å². The lowest BCUT2D eigenvalue weighted by Gasteiger charge is -2.32. The zero-order valence-corrected chi connectivity index (χ0v) is 11.9. The predicted octanol–water partition coefficient (Wildman–Crippen LogP) is -1.62. The first kappa shape index (κ1) is 15.7. The number of hydrogen-bond donors (Lipinski definition) is 2. The van der Waals surface area contributed by atoms with E-state index in [2.05, 4.69) is 5.32 Å². The summed E-state index contributed by atoms with van der Waals surface area (Å²) in [5.74, 6) is -0.783. The van der Waals surface area contributed by atoms with Gasteiger partial charge in [0.05, 0.1) is 25.3 Å². The van der Waals surface area contributed by atoms with Crippen LogP contribution in [0.4, 0.5) is 0 Å². The zero-order chi connectivity index (χ0) is 15.2. The Morgan fingerprint density at radius 2 is 2.29 bits per heavy atom. The Hall–Kier alpha value is -1.67. The molecule has 2 aliphatic rings. The van der Waals surface area contributed by atoms with Gasteiger partial charge >= 0.3 is 0 Å². The molecule has 0 unspecified atom stereocenters. The maximum Gasteiger partial charge on any atom is 0.243 e. The van der Waals surface area contributed by atoms with Crippen molar-refractivity contribution >= 4 is 17.7 Å². The van der Waals surface area contributed by atoms with E-state index in [9.17, 15) is 14.4 Å². The molecule has 0 bridgehead atoms. The molecule has 0 aromatic carbocycles. The summed E-state index contributed by atoms with van der Waals surface area (Å²) in [4.78, 5) is 35.8. The Morgan fingerprint density at radius 1 is 1.48 bits per heavy atom. The van der Waals surface area contributed by atoms with Crippen LogP contribution in [0.25, 0.3) is 0 Å². The Balaban J connectivity index is 1.81. The van der Waals surface area contributed by atoms with Crippen molar-refractivity contribution in [3.05, 3.63) is 0 Å². The van der Waals surface area contributed by atoms with E-state index in [1.54, 1.807) is 0 Å². The van der Waals surface area contributed by atoms with Crippen molar-refractivity contribution < 1.29 is 23.9 Å². The molecule has 0 saturated carbocycles. The molecule has 3 amide bonds. The van der Waals surface area contributed by atoms with Gasteiger partial charge in [0.25, 0.3) is 0 Å². The summed E-state index contributed by atoms with van der Waals surface area (Å²) < 4.78 is 10.7. The lowest BCUT2D eigenvalue weighted by molar-refractivity contribution is -0.136. The first-order valence-corrected chi connectivity index (χ1v) is 7.11. The molecule has 2 rings (SSSR count). The van der Waals surface area contributed by atoms with E-state index < -0.39 is 5.91 Å². The molecule has 2 saturated heterocycles. The molecule has 0 aliphatic carbocycles. The molecule has 2 fully saturated rings. The van der Waals surface area contributed by atoms with Crippen LogP contribution in [0.1, 0.15) is 19.3 Å². The van der Waals surface area contributed by atoms with Gasteiger partial charge in [-0.1, -0.05) is 0 Å². The highest BCUT2D eigenvalue weighted by Gasteiger charge is 2.30. The largest absolute Gasteiger partial charge is 0.379 e. The standard InChI is InChI=1S/C13H21N3O5/c14-11(17)8-21-10-3-5-20-7-9(10)15-12(18)6-16-4-1-2-13(16)19/h9-10H,1-8H2,(H2,14,17)(H,15,18)/t9-,10+/m1/s1. The summed E-state index contributed by atoms with van der Waals surface area (Å²) in [6.45, 7) is 1.33. The quantitative estimate of drug-likeness (QED) is 0.612. The van der Waals surface area contributed by atoms with Crippen molar-refractivity contribution in [1.29, 1.82) is 0 Å². The number of carbonyl (C=O) groups is 3. The minimum Gasteiger partial charge on any atom is -0.379 e. The van der Waals surface area contributed by atoms with E-state index in [0.29, 0.717) is 32.6 Å². The first-order valence-electron chi connectivity index (χ1n) is 7.11. The maximum atomic E-state index is 12.0. The molecule has 0 aromatic heterocycles. The van der Waals surface area contributed by atoms with E-state index in [-0.39, 0.29) is 37.1 Å². The third kappa shape index (κ3) is 4.68. The van der Waals surface area contributed by atoms with Crippen molar-refractivity contribution in [3.63, 3.8) is 0 Å². The van der Waals surface area contributed by atoms with Gasteiger partial charge in [0.15, 0.2) is 0 Å². The van der Waals surface area contributed by atoms with Gasteiger partial charge in [-0.15, -0.1) is 0 Å². The van der Waals surface area contributed by atoms with Crippen LogP contribution >= 0.6 is 0 Å². The van der Waals surface area contributed by atoms with Crippen LogP contribution in [0, 0.1) is 0 Å². The second-order valence-corrected chi connectivity index (χ2v) is 5.27. The van der Waals surface area contributed by atoms with E-state index in [1.807, 2.05) is 0 Å². The van der Waals surface area contributed by atoms with E-state index in [4.69, 9.17) is 15.2 Å². The summed E-state index contributed by atoms with van der Waals surface area (Å²) in [6, 6.07) is -0.330. The van der Waals surface area contributed by atoms with Crippen molar-refractivity contribution in [1.82, 2.24) is 10.2 Å². The SMILES string of the molecule is NC(=O)CO[C@H]1CCOC[C@H]1NC(=O)CN1CCCC1=O. The summed E-state index contributed by atoms with van der Waals surface area (Å²) in [5, 5.41) is 2.81. The summed E-state index contributed by atoms with van der Waals surface area (Å²) in [7, 11) is 0. The lowest BCUT2D eigenvalue weighted by atomic mass is 10.1. The summed E-state index contributed by atoms with van der Waals surface area (Å²) in [5.41, 5.74) is 5.05. The molecule has 0 radical (unpaired) electrons. The molecule has 21 heavy (non-hydrogen) atoms. The van der Waals surface area contributed by atoms with Crippen molar-refractivity contribution in [2.75, 3.05) is 32.9 Å². The molecule has 2 atom stereocenters. The third-order valence-electron chi connectivity index (χ3n) is 3.58. The van der Waals surface area contributed by atoms with Gasteiger partial charge in [0.1, 0.15) is 6.61 Å². The molecular formula is C13H21N3O5. The van der Waals surface area contributed by atoms with Gasteiger partial charge in [-0.3, -0.25) is 14.4 Å². The van der Waals surface area contributed by atoms with Crippen LogP contribution in [-0.4, -0.2) is 67.7 Å². The van der Waals surface area contributed by atoms with Gasteiger partial charge in [0.2, 0.25) is 17.7 Å². The molecule has 0 aromatic rings. The molecule has 3 N–H and O–H groups in total. The molecule has 8 heteroatoms. The molecule has 8 nitrogen and oxygen atoms in total. The average molecular weight is 299 g/mol. The number of likely N-dealkylation sites (tertiary alicyclic amines) is 1. The Labute approximate surface area is 122 Å². The van der Waals surface area contributed by atoms with Crippen molar-refractivity contribution in [2.45, 2.75) is 31.4 Å².